The molecule has 0 aromatic heterocycles. The third-order valence-electron chi connectivity index (χ3n) is 5.63. The van der Waals surface area contributed by atoms with Crippen LogP contribution in [0.2, 0.25) is 0 Å². The van der Waals surface area contributed by atoms with Crippen molar-refractivity contribution in [2.75, 3.05) is 12.5 Å². The molecule has 1 aliphatic heterocycles. The Morgan fingerprint density at radius 1 is 1.13 bits per heavy atom. The summed E-state index contributed by atoms with van der Waals surface area (Å²) in [5.41, 5.74) is 3.00. The van der Waals surface area contributed by atoms with E-state index in [1.807, 2.05) is 19.1 Å². The first-order valence-electron chi connectivity index (χ1n) is 10.1. The molecule has 0 amide bonds. The van der Waals surface area contributed by atoms with E-state index in [1.54, 1.807) is 17.8 Å². The molecule has 0 bridgehead atoms. The minimum atomic E-state index is -1.82. The number of hydrogen-bond donors (Lipinski definition) is 4. The Labute approximate surface area is 181 Å². The average molecular weight is 435 g/mol. The van der Waals surface area contributed by atoms with Crippen LogP contribution in [0.15, 0.2) is 47.4 Å². The van der Waals surface area contributed by atoms with Crippen LogP contribution >= 0.6 is 11.8 Å². The topological polar surface area (TPSA) is 99.4 Å². The lowest BCUT2D eigenvalue weighted by Crippen LogP contribution is -2.35. The number of hydrogen-bond acceptors (Lipinski definition) is 7. The van der Waals surface area contributed by atoms with Gasteiger partial charge in [0.25, 0.3) is 0 Å². The van der Waals surface area contributed by atoms with Crippen molar-refractivity contribution in [3.63, 3.8) is 0 Å². The zero-order valence-electron chi connectivity index (χ0n) is 17.5. The van der Waals surface area contributed by atoms with Crippen molar-refractivity contribution in [3.8, 4) is 0 Å². The molecule has 4 unspecified atom stereocenters. The minimum Gasteiger partial charge on any atom is -0.394 e. The minimum absolute atomic E-state index is 0.438. The number of benzene rings is 2. The maximum Gasteiger partial charge on any atom is 0.182 e. The van der Waals surface area contributed by atoms with Crippen LogP contribution in [0.5, 0.6) is 0 Å². The zero-order valence-corrected chi connectivity index (χ0v) is 18.3. The normalized spacial score (nSPS) is 21.9. The summed E-state index contributed by atoms with van der Waals surface area (Å²) in [5, 5.41) is 39.1. The number of aliphatic hydroxyl groups is 4. The van der Waals surface area contributed by atoms with E-state index in [0.29, 0.717) is 11.5 Å². The molecule has 3 rings (SSSR count). The first-order valence-corrected chi connectivity index (χ1v) is 11.1. The Hall–Kier alpha value is -1.45. The number of aliphatic hydroxyl groups excluding tert-OH is 3. The van der Waals surface area contributed by atoms with Gasteiger partial charge in [-0.3, -0.25) is 0 Å². The highest BCUT2D eigenvalue weighted by Crippen LogP contribution is 2.45. The molecule has 0 radical (unpaired) electrons. The van der Waals surface area contributed by atoms with E-state index in [9.17, 15) is 20.4 Å². The fraction of sp³-hybridized carbons (Fsp3) is 0.478. The molecule has 0 fully saturated rings. The maximum absolute atomic E-state index is 9.93. The summed E-state index contributed by atoms with van der Waals surface area (Å²) < 4.78 is 11.9. The van der Waals surface area contributed by atoms with Crippen molar-refractivity contribution in [2.45, 2.75) is 62.3 Å². The van der Waals surface area contributed by atoms with Gasteiger partial charge in [0.1, 0.15) is 17.8 Å². The second-order valence-corrected chi connectivity index (χ2v) is 8.64. The van der Waals surface area contributed by atoms with Gasteiger partial charge in [-0.1, -0.05) is 49.0 Å². The molecular weight excluding hydrogens is 404 g/mol. The predicted octanol–water partition coefficient (Wildman–Crippen LogP) is 2.70. The molecule has 2 aromatic rings. The third-order valence-corrected chi connectivity index (χ3v) is 6.53. The molecule has 0 aliphatic carbocycles. The number of aryl methyl sites for hydroxylation is 1. The number of ether oxygens (including phenoxy) is 2. The summed E-state index contributed by atoms with van der Waals surface area (Å²) in [6.07, 6.45) is -3.89. The summed E-state index contributed by atoms with van der Waals surface area (Å²) in [7, 11) is 0. The van der Waals surface area contributed by atoms with Crippen LogP contribution in [-0.4, -0.2) is 51.5 Å². The number of fused-ring (bicyclic) bond motifs is 1. The summed E-state index contributed by atoms with van der Waals surface area (Å²) in [5.74, 6) is 0.509. The van der Waals surface area contributed by atoms with Gasteiger partial charge in [-0.25, -0.2) is 0 Å². The van der Waals surface area contributed by atoms with E-state index < -0.39 is 36.8 Å². The Balaban J connectivity index is 2.01. The van der Waals surface area contributed by atoms with Gasteiger partial charge >= 0.3 is 0 Å². The predicted molar refractivity (Wildman–Crippen MR) is 115 cm³/mol. The highest BCUT2D eigenvalue weighted by atomic mass is 32.2. The second kappa shape index (κ2) is 9.78. The van der Waals surface area contributed by atoms with E-state index in [1.165, 1.54) is 12.5 Å². The van der Waals surface area contributed by atoms with E-state index in [4.69, 9.17) is 9.47 Å². The lowest BCUT2D eigenvalue weighted by molar-refractivity contribution is -0.188. The molecule has 4 atom stereocenters. The van der Waals surface area contributed by atoms with Gasteiger partial charge in [0.15, 0.2) is 6.29 Å². The summed E-state index contributed by atoms with van der Waals surface area (Å²) in [6, 6.07) is 13.9. The van der Waals surface area contributed by atoms with E-state index >= 15 is 0 Å². The molecule has 6 nitrogen and oxygen atoms in total. The Kier molecular flexibility index (Phi) is 7.57. The Morgan fingerprint density at radius 2 is 1.83 bits per heavy atom. The van der Waals surface area contributed by atoms with Gasteiger partial charge in [0.2, 0.25) is 0 Å². The van der Waals surface area contributed by atoms with Crippen LogP contribution in [0.1, 0.15) is 49.1 Å². The summed E-state index contributed by atoms with van der Waals surface area (Å²) in [4.78, 5) is 1.05. The van der Waals surface area contributed by atoms with Crippen LogP contribution in [0.25, 0.3) is 0 Å². The average Bonchev–Trinajstić information content (AvgIpc) is 2.74. The zero-order chi connectivity index (χ0) is 21.9. The first kappa shape index (κ1) is 23.2. The maximum atomic E-state index is 9.93. The first-order chi connectivity index (χ1) is 14.3. The van der Waals surface area contributed by atoms with Crippen molar-refractivity contribution in [2.24, 2.45) is 0 Å². The van der Waals surface area contributed by atoms with Crippen molar-refractivity contribution < 1.29 is 29.9 Å². The number of thioether (sulfide) groups is 1. The van der Waals surface area contributed by atoms with E-state index in [-0.39, 0.29) is 0 Å². The third kappa shape index (κ3) is 4.73. The molecule has 1 aliphatic rings. The molecule has 2 aromatic carbocycles. The van der Waals surface area contributed by atoms with Crippen molar-refractivity contribution in [1.29, 1.82) is 0 Å². The van der Waals surface area contributed by atoms with Crippen molar-refractivity contribution in [1.82, 2.24) is 0 Å². The molecule has 30 heavy (non-hydrogen) atoms. The monoisotopic (exact) mass is 434 g/mol. The van der Waals surface area contributed by atoms with Crippen LogP contribution in [-0.2, 0) is 21.5 Å². The highest BCUT2D eigenvalue weighted by Gasteiger charge is 2.37. The van der Waals surface area contributed by atoms with Gasteiger partial charge in [-0.15, -0.1) is 0 Å². The van der Waals surface area contributed by atoms with E-state index in [0.717, 1.165) is 22.4 Å². The van der Waals surface area contributed by atoms with Crippen LogP contribution in [0, 0.1) is 0 Å². The Morgan fingerprint density at radius 3 is 2.40 bits per heavy atom. The molecule has 7 heteroatoms. The van der Waals surface area contributed by atoms with Crippen LogP contribution in [0.4, 0.5) is 0 Å². The van der Waals surface area contributed by atoms with Crippen molar-refractivity contribution >= 4 is 11.8 Å². The smallest absolute Gasteiger partial charge is 0.182 e. The standard InChI is InChI=1S/C23H30O6S/c1-4-15-5-8-17(9-6-15)23(3)18-11-16(7-10-20(18)30-13-28-23)21(22(26)27)29-19(12-24)14(2)25/h5-11,14,19,21-22,24-27H,4,12-13H2,1-3H3. The van der Waals surface area contributed by atoms with Crippen molar-refractivity contribution in [3.05, 3.63) is 64.7 Å². The van der Waals surface area contributed by atoms with Gasteiger partial charge < -0.3 is 29.9 Å². The van der Waals surface area contributed by atoms with Crippen LogP contribution in [0.3, 0.4) is 0 Å². The van der Waals surface area contributed by atoms with Gasteiger partial charge in [-0.05, 0) is 49.1 Å². The SMILES string of the molecule is CCc1ccc(C2(C)OCSc3ccc(C(OC(CO)C(C)O)C(O)O)cc32)cc1. The van der Waals surface area contributed by atoms with Gasteiger partial charge in [0.05, 0.1) is 18.6 Å². The summed E-state index contributed by atoms with van der Waals surface area (Å²) >= 11 is 1.58. The molecule has 0 spiro atoms. The Bertz CT molecular complexity index is 838. The lowest BCUT2D eigenvalue weighted by Gasteiger charge is -2.37. The quantitative estimate of drug-likeness (QED) is 0.474. The highest BCUT2D eigenvalue weighted by molar-refractivity contribution is 7.99. The second-order valence-electron chi connectivity index (χ2n) is 7.68. The molecule has 4 N–H and O–H groups in total. The molecule has 0 saturated heterocycles. The molecule has 1 heterocycles. The lowest BCUT2D eigenvalue weighted by atomic mass is 9.85. The fourth-order valence-corrected chi connectivity index (χ4v) is 4.62. The van der Waals surface area contributed by atoms with E-state index in [2.05, 4.69) is 31.2 Å². The number of rotatable bonds is 8. The van der Waals surface area contributed by atoms with Crippen LogP contribution < -0.4 is 0 Å². The molecule has 164 valence electrons. The van der Waals surface area contributed by atoms with Gasteiger partial charge in [-0.2, -0.15) is 0 Å². The van der Waals surface area contributed by atoms with Gasteiger partial charge in [0, 0.05) is 10.5 Å². The molecule has 0 saturated carbocycles. The largest absolute Gasteiger partial charge is 0.394 e. The fourth-order valence-electron chi connectivity index (χ4n) is 3.63. The molecular formula is C23H30O6S. The summed E-state index contributed by atoms with van der Waals surface area (Å²) in [6.45, 7) is 5.16.